The average Bonchev–Trinajstić information content (AvgIpc) is 2.28. The van der Waals surface area contributed by atoms with Crippen LogP contribution in [0.5, 0.6) is 0 Å². The van der Waals surface area contributed by atoms with Gasteiger partial charge in [-0.05, 0) is 25.5 Å². The van der Waals surface area contributed by atoms with Crippen LogP contribution in [0.1, 0.15) is 22.6 Å². The topological polar surface area (TPSA) is 79.3 Å². The van der Waals surface area contributed by atoms with Gasteiger partial charge in [0.25, 0.3) is 5.91 Å². The Labute approximate surface area is 99.2 Å². The molecule has 1 aromatic rings. The van der Waals surface area contributed by atoms with E-state index in [1.54, 1.807) is 19.1 Å². The van der Waals surface area contributed by atoms with Gasteiger partial charge in [-0.2, -0.15) is 0 Å². The normalized spacial score (nSPS) is 11.6. The molecule has 0 fully saturated rings. The quantitative estimate of drug-likeness (QED) is 0.749. The molecule has 0 aliphatic heterocycles. The fraction of sp³-hybridized carbons (Fsp3) is 0.250. The SMILES string of the molecule is C=CCC(NC(=O)c1cccc(C)n1)C(=O)O. The van der Waals surface area contributed by atoms with E-state index >= 15 is 0 Å². The molecule has 0 spiro atoms. The van der Waals surface area contributed by atoms with E-state index in [0.29, 0.717) is 5.69 Å². The van der Waals surface area contributed by atoms with Gasteiger partial charge < -0.3 is 10.4 Å². The van der Waals surface area contributed by atoms with E-state index < -0.39 is 17.9 Å². The van der Waals surface area contributed by atoms with Crippen molar-refractivity contribution in [2.75, 3.05) is 0 Å². The number of aryl methyl sites for hydroxylation is 1. The molecule has 0 radical (unpaired) electrons. The summed E-state index contributed by atoms with van der Waals surface area (Å²) in [5.41, 5.74) is 0.911. The van der Waals surface area contributed by atoms with Gasteiger partial charge in [0.1, 0.15) is 11.7 Å². The lowest BCUT2D eigenvalue weighted by molar-refractivity contribution is -0.139. The number of aromatic nitrogens is 1. The number of nitrogens with one attached hydrogen (secondary N) is 1. The summed E-state index contributed by atoms with van der Waals surface area (Å²) in [6, 6.07) is 4.02. The zero-order chi connectivity index (χ0) is 12.8. The van der Waals surface area contributed by atoms with Crippen LogP contribution in [0.4, 0.5) is 0 Å². The Bertz CT molecular complexity index is 443. The first-order chi connectivity index (χ1) is 8.04. The third kappa shape index (κ3) is 3.71. The van der Waals surface area contributed by atoms with Gasteiger partial charge in [0.05, 0.1) is 0 Å². The van der Waals surface area contributed by atoms with Gasteiger partial charge in [-0.25, -0.2) is 9.78 Å². The lowest BCUT2D eigenvalue weighted by Crippen LogP contribution is -2.40. The van der Waals surface area contributed by atoms with Gasteiger partial charge in [-0.1, -0.05) is 12.1 Å². The van der Waals surface area contributed by atoms with E-state index in [-0.39, 0.29) is 12.1 Å². The van der Waals surface area contributed by atoms with Gasteiger partial charge in [0.15, 0.2) is 0 Å². The number of carbonyl (C=O) groups is 2. The molecule has 0 aromatic carbocycles. The highest BCUT2D eigenvalue weighted by molar-refractivity contribution is 5.95. The van der Waals surface area contributed by atoms with Crippen molar-refractivity contribution in [1.82, 2.24) is 10.3 Å². The summed E-state index contributed by atoms with van der Waals surface area (Å²) in [5.74, 6) is -1.59. The number of nitrogens with zero attached hydrogens (tertiary/aromatic N) is 1. The Hall–Kier alpha value is -2.17. The molecule has 1 rings (SSSR count). The molecule has 0 bridgehead atoms. The fourth-order valence-electron chi connectivity index (χ4n) is 1.29. The Morgan fingerprint density at radius 3 is 2.82 bits per heavy atom. The van der Waals surface area contributed by atoms with Crippen LogP contribution in [0.25, 0.3) is 0 Å². The number of rotatable bonds is 5. The minimum Gasteiger partial charge on any atom is -0.480 e. The summed E-state index contributed by atoms with van der Waals surface area (Å²) < 4.78 is 0. The van der Waals surface area contributed by atoms with Crippen LogP contribution in [0.15, 0.2) is 30.9 Å². The first kappa shape index (κ1) is 12.9. The van der Waals surface area contributed by atoms with Crippen molar-refractivity contribution in [1.29, 1.82) is 0 Å². The smallest absolute Gasteiger partial charge is 0.326 e. The Morgan fingerprint density at radius 2 is 2.29 bits per heavy atom. The molecule has 5 heteroatoms. The van der Waals surface area contributed by atoms with Crippen LogP contribution in [-0.2, 0) is 4.79 Å². The first-order valence-corrected chi connectivity index (χ1v) is 5.13. The summed E-state index contributed by atoms with van der Waals surface area (Å²) in [6.45, 7) is 5.21. The zero-order valence-corrected chi connectivity index (χ0v) is 9.51. The maximum Gasteiger partial charge on any atom is 0.326 e. The van der Waals surface area contributed by atoms with Crippen molar-refractivity contribution in [3.63, 3.8) is 0 Å². The average molecular weight is 234 g/mol. The Morgan fingerprint density at radius 1 is 1.59 bits per heavy atom. The van der Waals surface area contributed by atoms with Gasteiger partial charge >= 0.3 is 5.97 Å². The molecule has 1 heterocycles. The van der Waals surface area contributed by atoms with Crippen LogP contribution in [0, 0.1) is 6.92 Å². The number of pyridine rings is 1. The van der Waals surface area contributed by atoms with E-state index in [2.05, 4.69) is 16.9 Å². The molecule has 1 aromatic heterocycles. The monoisotopic (exact) mass is 234 g/mol. The van der Waals surface area contributed by atoms with Crippen molar-refractivity contribution in [3.8, 4) is 0 Å². The standard InChI is InChI=1S/C12H14N2O3/c1-3-5-10(12(16)17)14-11(15)9-7-4-6-8(2)13-9/h3-4,6-7,10H,1,5H2,2H3,(H,14,15)(H,16,17). The summed E-state index contributed by atoms with van der Waals surface area (Å²) >= 11 is 0. The number of carboxylic acids is 1. The maximum atomic E-state index is 11.7. The summed E-state index contributed by atoms with van der Waals surface area (Å²) in [4.78, 5) is 26.6. The molecule has 2 N–H and O–H groups in total. The molecular formula is C12H14N2O3. The molecule has 5 nitrogen and oxygen atoms in total. The van der Waals surface area contributed by atoms with E-state index in [0.717, 1.165) is 0 Å². The van der Waals surface area contributed by atoms with E-state index in [9.17, 15) is 9.59 Å². The number of carboxylic acid groups (broad SMARTS) is 1. The van der Waals surface area contributed by atoms with Gasteiger partial charge in [0.2, 0.25) is 0 Å². The second-order valence-corrected chi connectivity index (χ2v) is 3.55. The summed E-state index contributed by atoms with van der Waals surface area (Å²) in [5, 5.41) is 11.3. The molecule has 0 saturated heterocycles. The van der Waals surface area contributed by atoms with Crippen LogP contribution in [0.3, 0.4) is 0 Å². The van der Waals surface area contributed by atoms with Crippen LogP contribution in [-0.4, -0.2) is 28.0 Å². The summed E-state index contributed by atoms with van der Waals surface area (Å²) in [6.07, 6.45) is 1.62. The molecule has 0 aliphatic carbocycles. The molecule has 1 atom stereocenters. The van der Waals surface area contributed by atoms with E-state index in [4.69, 9.17) is 5.11 Å². The highest BCUT2D eigenvalue weighted by Gasteiger charge is 2.19. The lowest BCUT2D eigenvalue weighted by Gasteiger charge is -2.12. The predicted octanol–water partition coefficient (Wildman–Crippen LogP) is 1.15. The zero-order valence-electron chi connectivity index (χ0n) is 9.51. The predicted molar refractivity (Wildman–Crippen MR) is 62.7 cm³/mol. The molecular weight excluding hydrogens is 220 g/mol. The summed E-state index contributed by atoms with van der Waals surface area (Å²) in [7, 11) is 0. The molecule has 0 saturated carbocycles. The van der Waals surface area contributed by atoms with Crippen LogP contribution >= 0.6 is 0 Å². The minimum atomic E-state index is -1.09. The highest BCUT2D eigenvalue weighted by atomic mass is 16.4. The van der Waals surface area contributed by atoms with Gasteiger partial charge in [0, 0.05) is 5.69 Å². The maximum absolute atomic E-state index is 11.7. The van der Waals surface area contributed by atoms with Crippen LogP contribution < -0.4 is 5.32 Å². The molecule has 90 valence electrons. The molecule has 1 amide bonds. The second kappa shape index (κ2) is 5.79. The van der Waals surface area contributed by atoms with Crippen molar-refractivity contribution in [2.45, 2.75) is 19.4 Å². The van der Waals surface area contributed by atoms with Crippen molar-refractivity contribution >= 4 is 11.9 Å². The number of hydrogen-bond acceptors (Lipinski definition) is 3. The first-order valence-electron chi connectivity index (χ1n) is 5.13. The third-order valence-electron chi connectivity index (χ3n) is 2.13. The molecule has 0 aliphatic rings. The third-order valence-corrected chi connectivity index (χ3v) is 2.13. The minimum absolute atomic E-state index is 0.174. The van der Waals surface area contributed by atoms with Crippen molar-refractivity contribution in [3.05, 3.63) is 42.2 Å². The largest absolute Gasteiger partial charge is 0.480 e. The fourth-order valence-corrected chi connectivity index (χ4v) is 1.29. The Kier molecular flexibility index (Phi) is 4.39. The number of hydrogen-bond donors (Lipinski definition) is 2. The second-order valence-electron chi connectivity index (χ2n) is 3.55. The highest BCUT2D eigenvalue weighted by Crippen LogP contribution is 2.00. The number of aliphatic carboxylic acids is 1. The Balaban J connectivity index is 2.77. The van der Waals surface area contributed by atoms with E-state index in [1.807, 2.05) is 0 Å². The molecule has 1 unspecified atom stereocenters. The lowest BCUT2D eigenvalue weighted by atomic mass is 10.2. The van der Waals surface area contributed by atoms with Gasteiger partial charge in [-0.15, -0.1) is 6.58 Å². The van der Waals surface area contributed by atoms with Crippen molar-refractivity contribution < 1.29 is 14.7 Å². The number of carbonyl (C=O) groups excluding carboxylic acids is 1. The van der Waals surface area contributed by atoms with Gasteiger partial charge in [-0.3, -0.25) is 4.79 Å². The number of amides is 1. The van der Waals surface area contributed by atoms with E-state index in [1.165, 1.54) is 12.1 Å². The molecule has 17 heavy (non-hydrogen) atoms. The van der Waals surface area contributed by atoms with Crippen molar-refractivity contribution in [2.24, 2.45) is 0 Å². The van der Waals surface area contributed by atoms with Crippen LogP contribution in [0.2, 0.25) is 0 Å².